The van der Waals surface area contributed by atoms with Crippen molar-refractivity contribution in [2.45, 2.75) is 18.3 Å². The summed E-state index contributed by atoms with van der Waals surface area (Å²) in [6.07, 6.45) is 0. The number of ether oxygens (including phenoxy) is 1. The van der Waals surface area contributed by atoms with E-state index in [4.69, 9.17) is 9.84 Å². The fourth-order valence-electron chi connectivity index (χ4n) is 1.82. The van der Waals surface area contributed by atoms with Crippen LogP contribution in [0, 0.1) is 0 Å². The highest BCUT2D eigenvalue weighted by molar-refractivity contribution is 9.10. The maximum atomic E-state index is 10.9. The molecule has 1 aromatic rings. The van der Waals surface area contributed by atoms with Crippen LogP contribution in [-0.4, -0.2) is 34.6 Å². The van der Waals surface area contributed by atoms with Crippen LogP contribution in [0.4, 0.5) is 0 Å². The third-order valence-corrected chi connectivity index (χ3v) is 4.61. The van der Waals surface area contributed by atoms with Crippen molar-refractivity contribution in [3.8, 4) is 11.5 Å². The molecular formula is C12H14BrNO4S. The van der Waals surface area contributed by atoms with Gasteiger partial charge in [0.25, 0.3) is 0 Å². The van der Waals surface area contributed by atoms with E-state index in [2.05, 4.69) is 21.2 Å². The molecule has 0 saturated carbocycles. The SMILES string of the molecule is CCOc1cc(C2NC(C(=O)O)CS2)cc(Br)c1O. The van der Waals surface area contributed by atoms with Crippen LogP contribution in [0.15, 0.2) is 16.6 Å². The van der Waals surface area contributed by atoms with Crippen LogP contribution in [-0.2, 0) is 4.79 Å². The predicted octanol–water partition coefficient (Wildman–Crippen LogP) is 2.34. The lowest BCUT2D eigenvalue weighted by Gasteiger charge is -2.15. The van der Waals surface area contributed by atoms with Crippen LogP contribution in [0.1, 0.15) is 17.9 Å². The molecule has 1 aliphatic rings. The standard InChI is InChI=1S/C12H14BrNO4S/c1-2-18-9-4-6(3-7(13)10(9)15)11-14-8(5-19-11)12(16)17/h3-4,8,11,14-15H,2,5H2,1H3,(H,16,17). The van der Waals surface area contributed by atoms with Crippen molar-refractivity contribution in [3.05, 3.63) is 22.2 Å². The second-order valence-corrected chi connectivity index (χ2v) is 6.05. The third-order valence-electron chi connectivity index (χ3n) is 2.73. The number of phenols is 1. The molecule has 1 heterocycles. The topological polar surface area (TPSA) is 78.8 Å². The maximum Gasteiger partial charge on any atom is 0.321 e. The van der Waals surface area contributed by atoms with E-state index in [1.165, 1.54) is 11.8 Å². The van der Waals surface area contributed by atoms with Gasteiger partial charge in [-0.1, -0.05) is 0 Å². The average Bonchev–Trinajstić information content (AvgIpc) is 2.84. The number of carboxylic acids is 1. The van der Waals surface area contributed by atoms with Crippen molar-refractivity contribution in [1.29, 1.82) is 0 Å². The molecule has 2 rings (SSSR count). The Hall–Kier alpha value is -0.920. The molecule has 0 spiro atoms. The molecule has 7 heteroatoms. The fraction of sp³-hybridized carbons (Fsp3) is 0.417. The highest BCUT2D eigenvalue weighted by Gasteiger charge is 2.31. The zero-order valence-corrected chi connectivity index (χ0v) is 12.6. The number of halogens is 1. The number of carboxylic acid groups (broad SMARTS) is 1. The summed E-state index contributed by atoms with van der Waals surface area (Å²) < 4.78 is 5.90. The second kappa shape index (κ2) is 6.02. The van der Waals surface area contributed by atoms with Crippen LogP contribution in [0.5, 0.6) is 11.5 Å². The Balaban J connectivity index is 2.23. The van der Waals surface area contributed by atoms with E-state index in [1.807, 2.05) is 6.92 Å². The summed E-state index contributed by atoms with van der Waals surface area (Å²) >= 11 is 4.80. The molecule has 2 atom stereocenters. The molecule has 1 saturated heterocycles. The fourth-order valence-corrected chi connectivity index (χ4v) is 3.49. The van der Waals surface area contributed by atoms with Crippen LogP contribution in [0.25, 0.3) is 0 Å². The van der Waals surface area contributed by atoms with Crippen LogP contribution < -0.4 is 10.1 Å². The van der Waals surface area contributed by atoms with Crippen molar-refractivity contribution < 1.29 is 19.7 Å². The molecule has 1 fully saturated rings. The first-order valence-corrected chi connectivity index (χ1v) is 7.62. The molecule has 0 bridgehead atoms. The number of thioether (sulfide) groups is 1. The highest BCUT2D eigenvalue weighted by Crippen LogP contribution is 2.41. The highest BCUT2D eigenvalue weighted by atomic mass is 79.9. The van der Waals surface area contributed by atoms with Gasteiger partial charge < -0.3 is 14.9 Å². The molecule has 104 valence electrons. The number of aliphatic carboxylic acids is 1. The number of aromatic hydroxyl groups is 1. The maximum absolute atomic E-state index is 10.9. The van der Waals surface area contributed by atoms with E-state index in [9.17, 15) is 9.90 Å². The van der Waals surface area contributed by atoms with Gasteiger partial charge >= 0.3 is 5.97 Å². The van der Waals surface area contributed by atoms with Gasteiger partial charge in [0.15, 0.2) is 11.5 Å². The number of rotatable bonds is 4. The number of phenolic OH excluding ortho intramolecular Hbond substituents is 1. The number of hydrogen-bond acceptors (Lipinski definition) is 5. The number of benzene rings is 1. The Morgan fingerprint density at radius 2 is 2.37 bits per heavy atom. The molecule has 3 N–H and O–H groups in total. The lowest BCUT2D eigenvalue weighted by atomic mass is 10.2. The molecule has 0 radical (unpaired) electrons. The van der Waals surface area contributed by atoms with Crippen LogP contribution in [0.3, 0.4) is 0 Å². The Kier molecular flexibility index (Phi) is 4.59. The average molecular weight is 348 g/mol. The molecule has 1 aromatic carbocycles. The van der Waals surface area contributed by atoms with E-state index >= 15 is 0 Å². The molecule has 2 unspecified atom stereocenters. The monoisotopic (exact) mass is 347 g/mol. The summed E-state index contributed by atoms with van der Waals surface area (Å²) in [6.45, 7) is 2.29. The minimum absolute atomic E-state index is 0.0587. The van der Waals surface area contributed by atoms with Gasteiger partial charge in [-0.2, -0.15) is 0 Å². The van der Waals surface area contributed by atoms with Crippen molar-refractivity contribution in [2.24, 2.45) is 0 Å². The number of nitrogens with one attached hydrogen (secondary N) is 1. The quantitative estimate of drug-likeness (QED) is 0.775. The molecule has 19 heavy (non-hydrogen) atoms. The zero-order valence-electron chi connectivity index (χ0n) is 10.2. The largest absolute Gasteiger partial charge is 0.503 e. The summed E-state index contributed by atoms with van der Waals surface area (Å²) in [6, 6.07) is 2.96. The molecule has 0 aliphatic carbocycles. The van der Waals surface area contributed by atoms with Crippen molar-refractivity contribution in [1.82, 2.24) is 5.32 Å². The molecule has 5 nitrogen and oxygen atoms in total. The molecule has 1 aliphatic heterocycles. The predicted molar refractivity (Wildman–Crippen MR) is 76.7 cm³/mol. The minimum atomic E-state index is -0.849. The van der Waals surface area contributed by atoms with Gasteiger partial charge in [0.1, 0.15) is 6.04 Å². The number of carbonyl (C=O) groups is 1. The first kappa shape index (κ1) is 14.5. The van der Waals surface area contributed by atoms with Gasteiger partial charge in [-0.05, 0) is 40.5 Å². The second-order valence-electron chi connectivity index (χ2n) is 4.05. The first-order chi connectivity index (χ1) is 9.02. The molecular weight excluding hydrogens is 334 g/mol. The number of hydrogen-bond donors (Lipinski definition) is 3. The van der Waals surface area contributed by atoms with Crippen molar-refractivity contribution >= 4 is 33.7 Å². The van der Waals surface area contributed by atoms with Crippen molar-refractivity contribution in [3.63, 3.8) is 0 Å². The Bertz CT molecular complexity index is 497. The Morgan fingerprint density at radius 1 is 1.63 bits per heavy atom. The summed E-state index contributed by atoms with van der Waals surface area (Å²) in [4.78, 5) is 10.9. The van der Waals surface area contributed by atoms with Crippen LogP contribution in [0.2, 0.25) is 0 Å². The van der Waals surface area contributed by atoms with E-state index in [0.717, 1.165) is 5.56 Å². The summed E-state index contributed by atoms with van der Waals surface area (Å²) in [5.41, 5.74) is 0.877. The lowest BCUT2D eigenvalue weighted by Crippen LogP contribution is -2.33. The van der Waals surface area contributed by atoms with Gasteiger partial charge in [-0.3, -0.25) is 10.1 Å². The van der Waals surface area contributed by atoms with E-state index in [-0.39, 0.29) is 11.1 Å². The summed E-state index contributed by atoms with van der Waals surface area (Å²) in [7, 11) is 0. The Labute approximate surface area is 123 Å². The van der Waals surface area contributed by atoms with Gasteiger partial charge in [0.05, 0.1) is 16.5 Å². The van der Waals surface area contributed by atoms with Crippen molar-refractivity contribution in [2.75, 3.05) is 12.4 Å². The molecule has 0 amide bonds. The van der Waals surface area contributed by atoms with Gasteiger partial charge in [-0.25, -0.2) is 0 Å². The summed E-state index contributed by atoms with van der Waals surface area (Å²) in [5.74, 6) is 0.122. The van der Waals surface area contributed by atoms with E-state index in [1.54, 1.807) is 12.1 Å². The smallest absolute Gasteiger partial charge is 0.321 e. The van der Waals surface area contributed by atoms with E-state index in [0.29, 0.717) is 22.6 Å². The summed E-state index contributed by atoms with van der Waals surface area (Å²) in [5, 5.41) is 21.7. The van der Waals surface area contributed by atoms with Gasteiger partial charge in [0.2, 0.25) is 0 Å². The Morgan fingerprint density at radius 3 is 2.95 bits per heavy atom. The normalized spacial score (nSPS) is 22.4. The zero-order chi connectivity index (χ0) is 14.0. The first-order valence-electron chi connectivity index (χ1n) is 5.78. The van der Waals surface area contributed by atoms with Gasteiger partial charge in [-0.15, -0.1) is 11.8 Å². The molecule has 0 aromatic heterocycles. The third kappa shape index (κ3) is 3.16. The lowest BCUT2D eigenvalue weighted by molar-refractivity contribution is -0.138. The van der Waals surface area contributed by atoms with E-state index < -0.39 is 12.0 Å². The minimum Gasteiger partial charge on any atom is -0.503 e. The van der Waals surface area contributed by atoms with Crippen LogP contribution >= 0.6 is 27.7 Å². The van der Waals surface area contributed by atoms with Gasteiger partial charge in [0, 0.05) is 5.75 Å².